The van der Waals surface area contributed by atoms with E-state index >= 15 is 0 Å². The number of esters is 1. The van der Waals surface area contributed by atoms with Crippen molar-refractivity contribution in [1.29, 1.82) is 0 Å². The highest BCUT2D eigenvalue weighted by molar-refractivity contribution is 5.89. The summed E-state index contributed by atoms with van der Waals surface area (Å²) >= 11 is 0. The van der Waals surface area contributed by atoms with Crippen molar-refractivity contribution in [1.82, 2.24) is 4.98 Å². The Morgan fingerprint density at radius 2 is 2.31 bits per heavy atom. The van der Waals surface area contributed by atoms with Crippen LogP contribution in [0.15, 0.2) is 18.3 Å². The molecule has 1 heterocycles. The van der Waals surface area contributed by atoms with Gasteiger partial charge in [0.1, 0.15) is 0 Å². The standard InChI is InChI=1S/C11H16N2O3/c1-2-15-11(14)9-4-5-10(13-8-9)16-7-3-6-12/h4-5,8H,2-3,6-7,12H2,1H3. The van der Waals surface area contributed by atoms with E-state index in [4.69, 9.17) is 15.2 Å². The Balaban J connectivity index is 2.50. The molecule has 5 nitrogen and oxygen atoms in total. The van der Waals surface area contributed by atoms with E-state index < -0.39 is 0 Å². The molecule has 0 aliphatic heterocycles. The number of nitrogens with two attached hydrogens (primary N) is 1. The van der Waals surface area contributed by atoms with Crippen LogP contribution in [0.25, 0.3) is 0 Å². The molecule has 0 fully saturated rings. The molecule has 1 rings (SSSR count). The van der Waals surface area contributed by atoms with Crippen LogP contribution in [0.3, 0.4) is 0 Å². The fourth-order valence-electron chi connectivity index (χ4n) is 1.06. The molecule has 1 aromatic rings. The van der Waals surface area contributed by atoms with E-state index in [0.717, 1.165) is 6.42 Å². The van der Waals surface area contributed by atoms with Crippen molar-refractivity contribution in [3.05, 3.63) is 23.9 Å². The van der Waals surface area contributed by atoms with Gasteiger partial charge in [0.05, 0.1) is 18.8 Å². The van der Waals surface area contributed by atoms with Crippen molar-refractivity contribution >= 4 is 5.97 Å². The lowest BCUT2D eigenvalue weighted by molar-refractivity contribution is 0.0526. The lowest BCUT2D eigenvalue weighted by Gasteiger charge is -2.05. The predicted octanol–water partition coefficient (Wildman–Crippen LogP) is 0.986. The van der Waals surface area contributed by atoms with Crippen molar-refractivity contribution in [2.75, 3.05) is 19.8 Å². The average Bonchev–Trinajstić information content (AvgIpc) is 2.30. The van der Waals surface area contributed by atoms with Gasteiger partial charge in [0, 0.05) is 12.3 Å². The van der Waals surface area contributed by atoms with Crippen LogP contribution < -0.4 is 10.5 Å². The van der Waals surface area contributed by atoms with Gasteiger partial charge in [0.25, 0.3) is 0 Å². The number of carbonyl (C=O) groups excluding carboxylic acids is 1. The Kier molecular flexibility index (Phi) is 5.28. The van der Waals surface area contributed by atoms with Crippen molar-refractivity contribution in [3.8, 4) is 5.88 Å². The van der Waals surface area contributed by atoms with Crippen molar-refractivity contribution in [2.24, 2.45) is 5.73 Å². The summed E-state index contributed by atoms with van der Waals surface area (Å²) in [5.41, 5.74) is 5.75. The Morgan fingerprint density at radius 1 is 1.50 bits per heavy atom. The molecule has 0 saturated heterocycles. The van der Waals surface area contributed by atoms with Gasteiger partial charge < -0.3 is 15.2 Å². The van der Waals surface area contributed by atoms with Crippen molar-refractivity contribution in [2.45, 2.75) is 13.3 Å². The summed E-state index contributed by atoms with van der Waals surface area (Å²) in [6.07, 6.45) is 2.22. The Hall–Kier alpha value is -1.62. The third-order valence-electron chi connectivity index (χ3n) is 1.85. The van der Waals surface area contributed by atoms with Gasteiger partial charge in [-0.15, -0.1) is 0 Å². The molecule has 16 heavy (non-hydrogen) atoms. The lowest BCUT2D eigenvalue weighted by atomic mass is 10.3. The van der Waals surface area contributed by atoms with Gasteiger partial charge in [-0.3, -0.25) is 0 Å². The maximum atomic E-state index is 11.3. The fourth-order valence-corrected chi connectivity index (χ4v) is 1.06. The van der Waals surface area contributed by atoms with E-state index in [9.17, 15) is 4.79 Å². The molecule has 0 aliphatic rings. The molecule has 0 spiro atoms. The smallest absolute Gasteiger partial charge is 0.339 e. The molecule has 0 saturated carbocycles. The largest absolute Gasteiger partial charge is 0.478 e. The van der Waals surface area contributed by atoms with Gasteiger partial charge in [-0.05, 0) is 26.0 Å². The van der Waals surface area contributed by atoms with E-state index in [1.54, 1.807) is 19.1 Å². The zero-order valence-electron chi connectivity index (χ0n) is 9.31. The Morgan fingerprint density at radius 3 is 2.88 bits per heavy atom. The summed E-state index contributed by atoms with van der Waals surface area (Å²) in [5.74, 6) is 0.116. The van der Waals surface area contributed by atoms with Crippen LogP contribution in [0.5, 0.6) is 5.88 Å². The maximum Gasteiger partial charge on any atom is 0.339 e. The zero-order chi connectivity index (χ0) is 11.8. The molecule has 0 aromatic carbocycles. The second kappa shape index (κ2) is 6.79. The summed E-state index contributed by atoms with van der Waals surface area (Å²) in [6.45, 7) is 3.23. The van der Waals surface area contributed by atoms with E-state index in [0.29, 0.717) is 31.2 Å². The number of pyridine rings is 1. The number of aromatic nitrogens is 1. The van der Waals surface area contributed by atoms with Crippen LogP contribution in [-0.2, 0) is 4.74 Å². The average molecular weight is 224 g/mol. The number of rotatable bonds is 6. The van der Waals surface area contributed by atoms with Crippen molar-refractivity contribution < 1.29 is 14.3 Å². The van der Waals surface area contributed by atoms with E-state index in [2.05, 4.69) is 4.98 Å². The molecule has 1 aromatic heterocycles. The van der Waals surface area contributed by atoms with Gasteiger partial charge in [0.2, 0.25) is 5.88 Å². The number of nitrogens with zero attached hydrogens (tertiary/aromatic N) is 1. The summed E-state index contributed by atoms with van der Waals surface area (Å²) in [5, 5.41) is 0. The van der Waals surface area contributed by atoms with Gasteiger partial charge in [0.15, 0.2) is 0 Å². The minimum Gasteiger partial charge on any atom is -0.478 e. The molecule has 0 unspecified atom stereocenters. The Labute approximate surface area is 94.6 Å². The number of hydrogen-bond acceptors (Lipinski definition) is 5. The van der Waals surface area contributed by atoms with Crippen molar-refractivity contribution in [3.63, 3.8) is 0 Å². The Bertz CT molecular complexity index is 325. The highest BCUT2D eigenvalue weighted by Gasteiger charge is 2.06. The summed E-state index contributed by atoms with van der Waals surface area (Å²) in [4.78, 5) is 15.3. The van der Waals surface area contributed by atoms with Gasteiger partial charge >= 0.3 is 5.97 Å². The second-order valence-electron chi connectivity index (χ2n) is 3.10. The van der Waals surface area contributed by atoms with E-state index in [1.807, 2.05) is 0 Å². The first-order valence-corrected chi connectivity index (χ1v) is 5.24. The zero-order valence-corrected chi connectivity index (χ0v) is 9.31. The molecule has 5 heteroatoms. The maximum absolute atomic E-state index is 11.3. The van der Waals surface area contributed by atoms with Gasteiger partial charge in [-0.25, -0.2) is 9.78 Å². The number of carbonyl (C=O) groups is 1. The molecule has 2 N–H and O–H groups in total. The van der Waals surface area contributed by atoms with Crippen LogP contribution in [0.4, 0.5) is 0 Å². The highest BCUT2D eigenvalue weighted by atomic mass is 16.5. The van der Waals surface area contributed by atoms with Gasteiger partial charge in [-0.2, -0.15) is 0 Å². The molecule has 0 amide bonds. The minimum absolute atomic E-state index is 0.355. The first-order valence-electron chi connectivity index (χ1n) is 5.24. The minimum atomic E-state index is -0.372. The third-order valence-corrected chi connectivity index (χ3v) is 1.85. The first-order chi connectivity index (χ1) is 7.77. The second-order valence-corrected chi connectivity index (χ2v) is 3.10. The molecule has 0 atom stereocenters. The van der Waals surface area contributed by atoms with E-state index in [-0.39, 0.29) is 5.97 Å². The van der Waals surface area contributed by atoms with Gasteiger partial charge in [-0.1, -0.05) is 0 Å². The summed E-state index contributed by atoms with van der Waals surface area (Å²) in [7, 11) is 0. The third kappa shape index (κ3) is 3.86. The topological polar surface area (TPSA) is 74.4 Å². The normalized spacial score (nSPS) is 9.88. The van der Waals surface area contributed by atoms with E-state index in [1.165, 1.54) is 6.20 Å². The monoisotopic (exact) mass is 224 g/mol. The fraction of sp³-hybridized carbons (Fsp3) is 0.455. The summed E-state index contributed by atoms with van der Waals surface area (Å²) in [6, 6.07) is 3.27. The van der Waals surface area contributed by atoms with Crippen LogP contribution in [-0.4, -0.2) is 30.7 Å². The molecule has 88 valence electrons. The van der Waals surface area contributed by atoms with Crippen LogP contribution in [0, 0.1) is 0 Å². The molecular weight excluding hydrogens is 208 g/mol. The molecular formula is C11H16N2O3. The van der Waals surface area contributed by atoms with Crippen LogP contribution in [0.2, 0.25) is 0 Å². The highest BCUT2D eigenvalue weighted by Crippen LogP contribution is 2.08. The van der Waals surface area contributed by atoms with Crippen LogP contribution >= 0.6 is 0 Å². The first kappa shape index (κ1) is 12.4. The SMILES string of the molecule is CCOC(=O)c1ccc(OCCCN)nc1. The molecule has 0 aliphatic carbocycles. The number of ether oxygens (including phenoxy) is 2. The number of hydrogen-bond donors (Lipinski definition) is 1. The summed E-state index contributed by atoms with van der Waals surface area (Å²) < 4.78 is 10.1. The predicted molar refractivity (Wildman–Crippen MR) is 59.4 cm³/mol. The lowest BCUT2D eigenvalue weighted by Crippen LogP contribution is -2.08. The molecule has 0 radical (unpaired) electrons. The molecule has 0 bridgehead atoms. The quantitative estimate of drug-likeness (QED) is 0.576. The van der Waals surface area contributed by atoms with Crippen LogP contribution in [0.1, 0.15) is 23.7 Å².